The highest BCUT2D eigenvalue weighted by Crippen LogP contribution is 2.23. The first-order chi connectivity index (χ1) is 7.06. The van der Waals surface area contributed by atoms with Gasteiger partial charge in [0.2, 0.25) is 5.91 Å². The second-order valence-corrected chi connectivity index (χ2v) is 3.82. The normalized spacial score (nSPS) is 12.5. The van der Waals surface area contributed by atoms with Crippen molar-refractivity contribution in [2.75, 3.05) is 7.05 Å². The summed E-state index contributed by atoms with van der Waals surface area (Å²) in [6, 6.07) is 6.13. The molecule has 0 saturated carbocycles. The van der Waals surface area contributed by atoms with Gasteiger partial charge in [-0.25, -0.2) is 0 Å². The minimum Gasteiger partial charge on any atom is -0.370 e. The smallest absolute Gasteiger partial charge is 0.219 e. The number of primary amides is 1. The summed E-state index contributed by atoms with van der Waals surface area (Å²) < 4.78 is 0. The van der Waals surface area contributed by atoms with Crippen LogP contribution in [0.3, 0.4) is 0 Å². The second kappa shape index (κ2) is 4.94. The van der Waals surface area contributed by atoms with Crippen molar-refractivity contribution >= 4 is 5.91 Å². The summed E-state index contributed by atoms with van der Waals surface area (Å²) in [5, 5.41) is 3.13. The Labute approximate surface area is 90.7 Å². The van der Waals surface area contributed by atoms with E-state index in [-0.39, 0.29) is 11.9 Å². The summed E-state index contributed by atoms with van der Waals surface area (Å²) in [5.74, 6) is -0.281. The van der Waals surface area contributed by atoms with Crippen LogP contribution in [0.4, 0.5) is 0 Å². The van der Waals surface area contributed by atoms with Crippen LogP contribution in [0.1, 0.15) is 29.2 Å². The number of aryl methyl sites for hydroxylation is 2. The summed E-state index contributed by atoms with van der Waals surface area (Å²) in [6.07, 6.45) is 0.336. The van der Waals surface area contributed by atoms with Crippen LogP contribution < -0.4 is 11.1 Å². The van der Waals surface area contributed by atoms with Gasteiger partial charge in [-0.2, -0.15) is 0 Å². The zero-order chi connectivity index (χ0) is 11.4. The molecule has 0 bridgehead atoms. The van der Waals surface area contributed by atoms with Gasteiger partial charge in [-0.15, -0.1) is 0 Å². The van der Waals surface area contributed by atoms with Gasteiger partial charge in [0.25, 0.3) is 0 Å². The van der Waals surface area contributed by atoms with E-state index < -0.39 is 0 Å². The maximum Gasteiger partial charge on any atom is 0.219 e. The minimum absolute atomic E-state index is 0.0173. The monoisotopic (exact) mass is 206 g/mol. The van der Waals surface area contributed by atoms with E-state index in [0.717, 1.165) is 0 Å². The van der Waals surface area contributed by atoms with E-state index in [1.165, 1.54) is 16.7 Å². The lowest BCUT2D eigenvalue weighted by molar-refractivity contribution is -0.118. The van der Waals surface area contributed by atoms with Crippen LogP contribution in [0, 0.1) is 13.8 Å². The Morgan fingerprint density at radius 1 is 1.40 bits per heavy atom. The fourth-order valence-corrected chi connectivity index (χ4v) is 1.93. The van der Waals surface area contributed by atoms with Crippen LogP contribution in [0.2, 0.25) is 0 Å². The predicted molar refractivity (Wildman–Crippen MR) is 61.5 cm³/mol. The molecule has 82 valence electrons. The van der Waals surface area contributed by atoms with Crippen molar-refractivity contribution < 1.29 is 4.79 Å². The quantitative estimate of drug-likeness (QED) is 0.783. The van der Waals surface area contributed by atoms with Gasteiger partial charge in [0.05, 0.1) is 0 Å². The molecule has 1 atom stereocenters. The Kier molecular flexibility index (Phi) is 3.86. The highest BCUT2D eigenvalue weighted by Gasteiger charge is 2.15. The average molecular weight is 206 g/mol. The topological polar surface area (TPSA) is 55.1 Å². The van der Waals surface area contributed by atoms with E-state index >= 15 is 0 Å². The van der Waals surface area contributed by atoms with E-state index in [2.05, 4.69) is 5.32 Å². The molecule has 3 nitrogen and oxygen atoms in total. The van der Waals surface area contributed by atoms with Gasteiger partial charge in [0, 0.05) is 12.5 Å². The molecule has 0 radical (unpaired) electrons. The predicted octanol–water partition coefficient (Wildman–Crippen LogP) is 1.44. The molecule has 1 aromatic rings. The van der Waals surface area contributed by atoms with Crippen molar-refractivity contribution in [3.8, 4) is 0 Å². The third-order valence-electron chi connectivity index (χ3n) is 2.64. The van der Waals surface area contributed by atoms with Crippen LogP contribution in [0.25, 0.3) is 0 Å². The number of carbonyl (C=O) groups is 1. The molecule has 15 heavy (non-hydrogen) atoms. The first-order valence-corrected chi connectivity index (χ1v) is 5.08. The Bertz CT molecular complexity index is 340. The zero-order valence-electron chi connectivity index (χ0n) is 9.50. The van der Waals surface area contributed by atoms with E-state index in [9.17, 15) is 4.79 Å². The Morgan fingerprint density at radius 2 is 1.93 bits per heavy atom. The lowest BCUT2D eigenvalue weighted by Gasteiger charge is -2.19. The molecule has 0 spiro atoms. The van der Waals surface area contributed by atoms with Crippen molar-refractivity contribution in [1.29, 1.82) is 0 Å². The number of nitrogens with one attached hydrogen (secondary N) is 1. The average Bonchev–Trinajstić information content (AvgIpc) is 2.15. The molecule has 0 fully saturated rings. The first-order valence-electron chi connectivity index (χ1n) is 5.08. The van der Waals surface area contributed by atoms with Crippen LogP contribution in [-0.4, -0.2) is 13.0 Å². The lowest BCUT2D eigenvalue weighted by atomic mass is 9.94. The molecule has 1 unspecified atom stereocenters. The van der Waals surface area contributed by atoms with Crippen LogP contribution in [0.15, 0.2) is 18.2 Å². The van der Waals surface area contributed by atoms with Gasteiger partial charge < -0.3 is 11.1 Å². The van der Waals surface area contributed by atoms with Crippen molar-refractivity contribution in [1.82, 2.24) is 5.32 Å². The van der Waals surface area contributed by atoms with Gasteiger partial charge in [0.15, 0.2) is 0 Å². The van der Waals surface area contributed by atoms with Crippen molar-refractivity contribution in [2.24, 2.45) is 5.73 Å². The summed E-state index contributed by atoms with van der Waals surface area (Å²) in [5.41, 5.74) is 8.79. The number of hydrogen-bond donors (Lipinski definition) is 2. The van der Waals surface area contributed by atoms with Crippen LogP contribution in [-0.2, 0) is 4.79 Å². The number of nitrogens with two attached hydrogens (primary N) is 1. The van der Waals surface area contributed by atoms with E-state index in [4.69, 9.17) is 5.73 Å². The van der Waals surface area contributed by atoms with Gasteiger partial charge in [-0.1, -0.05) is 18.2 Å². The van der Waals surface area contributed by atoms with Gasteiger partial charge in [0.1, 0.15) is 0 Å². The SMILES string of the molecule is CNC(CC(N)=O)c1c(C)cccc1C. The molecular formula is C12H18N2O. The Morgan fingerprint density at radius 3 is 2.33 bits per heavy atom. The van der Waals surface area contributed by atoms with Gasteiger partial charge in [-0.3, -0.25) is 4.79 Å². The van der Waals surface area contributed by atoms with Crippen molar-refractivity contribution in [2.45, 2.75) is 26.3 Å². The molecule has 0 aliphatic heterocycles. The second-order valence-electron chi connectivity index (χ2n) is 3.82. The molecule has 1 amide bonds. The van der Waals surface area contributed by atoms with Crippen molar-refractivity contribution in [3.05, 3.63) is 34.9 Å². The fourth-order valence-electron chi connectivity index (χ4n) is 1.93. The maximum absolute atomic E-state index is 10.9. The van der Waals surface area contributed by atoms with E-state index in [1.54, 1.807) is 0 Å². The van der Waals surface area contributed by atoms with Gasteiger partial charge >= 0.3 is 0 Å². The minimum atomic E-state index is -0.281. The number of carbonyl (C=O) groups excluding carboxylic acids is 1. The summed E-state index contributed by atoms with van der Waals surface area (Å²) in [4.78, 5) is 10.9. The number of amides is 1. The molecule has 0 aliphatic rings. The molecule has 0 heterocycles. The number of hydrogen-bond acceptors (Lipinski definition) is 2. The molecule has 1 rings (SSSR count). The molecular weight excluding hydrogens is 188 g/mol. The van der Waals surface area contributed by atoms with Crippen LogP contribution >= 0.6 is 0 Å². The summed E-state index contributed by atoms with van der Waals surface area (Å²) in [7, 11) is 1.85. The van der Waals surface area contributed by atoms with Gasteiger partial charge in [-0.05, 0) is 37.6 Å². The first kappa shape index (κ1) is 11.7. The van der Waals surface area contributed by atoms with Crippen LogP contribution in [0.5, 0.6) is 0 Å². The highest BCUT2D eigenvalue weighted by molar-refractivity contribution is 5.74. The maximum atomic E-state index is 10.9. The number of benzene rings is 1. The molecule has 0 aliphatic carbocycles. The molecule has 3 N–H and O–H groups in total. The van der Waals surface area contributed by atoms with E-state index in [1.807, 2.05) is 39.1 Å². The zero-order valence-corrected chi connectivity index (χ0v) is 9.50. The standard InChI is InChI=1S/C12H18N2O/c1-8-5-4-6-9(2)12(8)10(14-3)7-11(13)15/h4-6,10,14H,7H2,1-3H3,(H2,13,15). The Balaban J connectivity index is 3.05. The summed E-state index contributed by atoms with van der Waals surface area (Å²) in [6.45, 7) is 4.10. The number of rotatable bonds is 4. The van der Waals surface area contributed by atoms with Crippen molar-refractivity contribution in [3.63, 3.8) is 0 Å². The molecule has 1 aromatic carbocycles. The molecule has 0 saturated heterocycles. The largest absolute Gasteiger partial charge is 0.370 e. The lowest BCUT2D eigenvalue weighted by Crippen LogP contribution is -2.25. The van der Waals surface area contributed by atoms with E-state index in [0.29, 0.717) is 6.42 Å². The highest BCUT2D eigenvalue weighted by atomic mass is 16.1. The third kappa shape index (κ3) is 2.80. The third-order valence-corrected chi connectivity index (χ3v) is 2.64. The summed E-state index contributed by atoms with van der Waals surface area (Å²) >= 11 is 0. The fraction of sp³-hybridized carbons (Fsp3) is 0.417. The molecule has 0 aromatic heterocycles. The molecule has 3 heteroatoms. The Hall–Kier alpha value is -1.35.